The van der Waals surface area contributed by atoms with Crippen LogP contribution in [0.1, 0.15) is 38.8 Å². The Bertz CT molecular complexity index is 450. The summed E-state index contributed by atoms with van der Waals surface area (Å²) in [5.74, 6) is -1.07. The molecule has 0 aliphatic carbocycles. The van der Waals surface area contributed by atoms with Crippen LogP contribution in [0.15, 0.2) is 24.3 Å². The van der Waals surface area contributed by atoms with Crippen molar-refractivity contribution in [3.63, 3.8) is 0 Å². The standard InChI is InChI=1S/C15H22FNO2/c1-5-15(3,14(18)19)10-17(4)11(2)12-8-6-7-9-13(12)16/h6-9,11H,5,10H2,1-4H3,(H,18,19). The van der Waals surface area contributed by atoms with Crippen molar-refractivity contribution >= 4 is 5.97 Å². The smallest absolute Gasteiger partial charge is 0.310 e. The van der Waals surface area contributed by atoms with E-state index in [1.54, 1.807) is 25.1 Å². The third-order valence-electron chi connectivity index (χ3n) is 3.91. The van der Waals surface area contributed by atoms with Crippen LogP contribution in [0.5, 0.6) is 0 Å². The summed E-state index contributed by atoms with van der Waals surface area (Å²) < 4.78 is 13.7. The second-order valence-electron chi connectivity index (χ2n) is 5.33. The third-order valence-corrected chi connectivity index (χ3v) is 3.91. The van der Waals surface area contributed by atoms with Gasteiger partial charge in [-0.25, -0.2) is 4.39 Å². The van der Waals surface area contributed by atoms with Crippen LogP contribution in [0.4, 0.5) is 4.39 Å². The first kappa shape index (κ1) is 15.6. The molecule has 1 N–H and O–H groups in total. The zero-order valence-electron chi connectivity index (χ0n) is 12.0. The summed E-state index contributed by atoms with van der Waals surface area (Å²) in [5.41, 5.74) is -0.220. The third kappa shape index (κ3) is 3.53. The fourth-order valence-corrected chi connectivity index (χ4v) is 2.07. The van der Waals surface area contributed by atoms with Gasteiger partial charge in [0, 0.05) is 18.2 Å². The topological polar surface area (TPSA) is 40.5 Å². The largest absolute Gasteiger partial charge is 0.481 e. The van der Waals surface area contributed by atoms with E-state index in [1.807, 2.05) is 25.8 Å². The zero-order valence-corrected chi connectivity index (χ0v) is 12.0. The molecule has 0 amide bonds. The highest BCUT2D eigenvalue weighted by Crippen LogP contribution is 2.28. The van der Waals surface area contributed by atoms with Gasteiger partial charge in [-0.05, 0) is 33.4 Å². The van der Waals surface area contributed by atoms with E-state index in [0.29, 0.717) is 18.5 Å². The summed E-state index contributed by atoms with van der Waals surface area (Å²) in [7, 11) is 1.83. The SMILES string of the molecule is CCC(C)(CN(C)C(C)c1ccccc1F)C(=O)O. The van der Waals surface area contributed by atoms with Crippen LogP contribution in [0.25, 0.3) is 0 Å². The molecule has 0 aliphatic heterocycles. The average molecular weight is 267 g/mol. The van der Waals surface area contributed by atoms with Crippen LogP contribution < -0.4 is 0 Å². The van der Waals surface area contributed by atoms with Gasteiger partial charge in [-0.3, -0.25) is 9.69 Å². The van der Waals surface area contributed by atoms with Crippen molar-refractivity contribution in [3.05, 3.63) is 35.6 Å². The van der Waals surface area contributed by atoms with Gasteiger partial charge in [0.1, 0.15) is 5.82 Å². The van der Waals surface area contributed by atoms with E-state index < -0.39 is 11.4 Å². The van der Waals surface area contributed by atoms with Gasteiger partial charge in [0.25, 0.3) is 0 Å². The lowest BCUT2D eigenvalue weighted by Crippen LogP contribution is -2.40. The number of rotatable bonds is 6. The highest BCUT2D eigenvalue weighted by molar-refractivity contribution is 5.74. The van der Waals surface area contributed by atoms with Crippen molar-refractivity contribution in [3.8, 4) is 0 Å². The molecule has 0 fully saturated rings. The summed E-state index contributed by atoms with van der Waals surface area (Å²) in [6, 6.07) is 6.44. The molecule has 0 bridgehead atoms. The number of hydrogen-bond donors (Lipinski definition) is 1. The average Bonchev–Trinajstić information content (AvgIpc) is 2.38. The predicted molar refractivity (Wildman–Crippen MR) is 73.5 cm³/mol. The zero-order chi connectivity index (χ0) is 14.6. The Balaban J connectivity index is 2.86. The number of nitrogens with zero attached hydrogens (tertiary/aromatic N) is 1. The van der Waals surface area contributed by atoms with Gasteiger partial charge in [0.05, 0.1) is 5.41 Å². The molecule has 2 atom stereocenters. The molecule has 1 aromatic carbocycles. The van der Waals surface area contributed by atoms with Gasteiger partial charge < -0.3 is 5.11 Å². The van der Waals surface area contributed by atoms with Crippen LogP contribution in [-0.2, 0) is 4.79 Å². The summed E-state index contributed by atoms with van der Waals surface area (Å²) >= 11 is 0. The molecule has 1 rings (SSSR count). The van der Waals surface area contributed by atoms with Gasteiger partial charge in [-0.1, -0.05) is 25.1 Å². The summed E-state index contributed by atoms with van der Waals surface area (Å²) in [6.45, 7) is 5.85. The number of hydrogen-bond acceptors (Lipinski definition) is 2. The highest BCUT2D eigenvalue weighted by atomic mass is 19.1. The molecule has 1 aromatic rings. The molecule has 2 unspecified atom stereocenters. The molecular weight excluding hydrogens is 245 g/mol. The molecular formula is C15H22FNO2. The van der Waals surface area contributed by atoms with E-state index in [1.165, 1.54) is 6.07 Å². The first-order valence-electron chi connectivity index (χ1n) is 6.50. The van der Waals surface area contributed by atoms with E-state index in [2.05, 4.69) is 0 Å². The Kier molecular flexibility index (Phi) is 5.06. The Morgan fingerprint density at radius 3 is 2.53 bits per heavy atom. The van der Waals surface area contributed by atoms with E-state index >= 15 is 0 Å². The molecule has 0 aromatic heterocycles. The monoisotopic (exact) mass is 267 g/mol. The number of halogens is 1. The molecule has 3 nitrogen and oxygen atoms in total. The Labute approximate surface area is 114 Å². The Hall–Kier alpha value is -1.42. The Morgan fingerprint density at radius 2 is 2.05 bits per heavy atom. The molecule has 0 aliphatic rings. The molecule has 106 valence electrons. The molecule has 4 heteroatoms. The molecule has 19 heavy (non-hydrogen) atoms. The van der Waals surface area contributed by atoms with Crippen molar-refractivity contribution in [2.24, 2.45) is 5.41 Å². The minimum absolute atomic E-state index is 0.161. The molecule has 0 saturated carbocycles. The molecule has 0 heterocycles. The lowest BCUT2D eigenvalue weighted by atomic mass is 9.86. The van der Waals surface area contributed by atoms with Crippen molar-refractivity contribution in [1.82, 2.24) is 4.90 Å². The fourth-order valence-electron chi connectivity index (χ4n) is 2.07. The summed E-state index contributed by atoms with van der Waals surface area (Å²) in [4.78, 5) is 13.2. The van der Waals surface area contributed by atoms with E-state index in [0.717, 1.165) is 0 Å². The van der Waals surface area contributed by atoms with Gasteiger partial charge >= 0.3 is 5.97 Å². The van der Waals surface area contributed by atoms with Gasteiger partial charge in [0.15, 0.2) is 0 Å². The quantitative estimate of drug-likeness (QED) is 0.859. The highest BCUT2D eigenvalue weighted by Gasteiger charge is 2.33. The molecule has 0 saturated heterocycles. The van der Waals surface area contributed by atoms with Crippen LogP contribution in [0, 0.1) is 11.2 Å². The van der Waals surface area contributed by atoms with Crippen molar-refractivity contribution in [2.45, 2.75) is 33.2 Å². The lowest BCUT2D eigenvalue weighted by Gasteiger charge is -2.33. The maximum absolute atomic E-state index is 13.7. The molecule has 0 radical (unpaired) electrons. The van der Waals surface area contributed by atoms with Gasteiger partial charge in [-0.15, -0.1) is 0 Å². The number of carboxylic acid groups (broad SMARTS) is 1. The maximum Gasteiger partial charge on any atom is 0.310 e. The van der Waals surface area contributed by atoms with Crippen LogP contribution in [0.3, 0.4) is 0 Å². The van der Waals surface area contributed by atoms with Crippen LogP contribution in [0.2, 0.25) is 0 Å². The normalized spacial score (nSPS) is 16.1. The second kappa shape index (κ2) is 6.15. The number of aliphatic carboxylic acids is 1. The second-order valence-corrected chi connectivity index (χ2v) is 5.33. The van der Waals surface area contributed by atoms with Crippen molar-refractivity contribution < 1.29 is 14.3 Å². The fraction of sp³-hybridized carbons (Fsp3) is 0.533. The number of carbonyl (C=O) groups is 1. The van der Waals surface area contributed by atoms with Crippen LogP contribution >= 0.6 is 0 Å². The van der Waals surface area contributed by atoms with Gasteiger partial charge in [-0.2, -0.15) is 0 Å². The molecule has 0 spiro atoms. The minimum Gasteiger partial charge on any atom is -0.481 e. The van der Waals surface area contributed by atoms with E-state index in [9.17, 15) is 14.3 Å². The first-order valence-corrected chi connectivity index (χ1v) is 6.50. The van der Waals surface area contributed by atoms with Crippen molar-refractivity contribution in [2.75, 3.05) is 13.6 Å². The van der Waals surface area contributed by atoms with E-state index in [-0.39, 0.29) is 11.9 Å². The first-order chi connectivity index (χ1) is 8.81. The number of benzene rings is 1. The lowest BCUT2D eigenvalue weighted by molar-refractivity contribution is -0.149. The minimum atomic E-state index is -0.817. The van der Waals surface area contributed by atoms with Crippen molar-refractivity contribution in [1.29, 1.82) is 0 Å². The predicted octanol–water partition coefficient (Wildman–Crippen LogP) is 3.32. The Morgan fingerprint density at radius 1 is 1.47 bits per heavy atom. The number of carboxylic acids is 1. The van der Waals surface area contributed by atoms with Gasteiger partial charge in [0.2, 0.25) is 0 Å². The summed E-state index contributed by atoms with van der Waals surface area (Å²) in [5, 5.41) is 9.29. The summed E-state index contributed by atoms with van der Waals surface area (Å²) in [6.07, 6.45) is 0.538. The van der Waals surface area contributed by atoms with E-state index in [4.69, 9.17) is 0 Å². The maximum atomic E-state index is 13.7. The van der Waals surface area contributed by atoms with Crippen LogP contribution in [-0.4, -0.2) is 29.6 Å².